The van der Waals surface area contributed by atoms with E-state index in [9.17, 15) is 0 Å². The van der Waals surface area contributed by atoms with Crippen LogP contribution in [0, 0.1) is 20.8 Å². The number of nitrogens with two attached hydrogens (primary N) is 1. The van der Waals surface area contributed by atoms with Gasteiger partial charge in [-0.3, -0.25) is 0 Å². The van der Waals surface area contributed by atoms with Gasteiger partial charge in [-0.1, -0.05) is 29.4 Å². The number of nitrogens with zero attached hydrogens (tertiary/aromatic N) is 1. The quantitative estimate of drug-likeness (QED) is 0.899. The molecule has 1 aromatic carbocycles. The minimum Gasteiger partial charge on any atom is -0.361 e. The molecule has 0 bridgehead atoms. The molecule has 3 heteroatoms. The molecule has 0 spiro atoms. The smallest absolute Gasteiger partial charge is 0.137 e. The van der Waals surface area contributed by atoms with Crippen LogP contribution in [0.1, 0.15) is 34.1 Å². The van der Waals surface area contributed by atoms with Crippen molar-refractivity contribution in [3.05, 3.63) is 52.4 Å². The van der Waals surface area contributed by atoms with Gasteiger partial charge in [0.05, 0.1) is 5.69 Å². The SMILES string of the molecule is Cc1ccccc1C(CN)Cc1c(C)noc1C. The van der Waals surface area contributed by atoms with Crippen molar-refractivity contribution in [2.75, 3.05) is 6.54 Å². The number of benzene rings is 1. The fourth-order valence-corrected chi connectivity index (χ4v) is 2.40. The van der Waals surface area contributed by atoms with Crippen LogP contribution >= 0.6 is 0 Å². The Morgan fingerprint density at radius 3 is 2.50 bits per heavy atom. The Morgan fingerprint density at radius 1 is 1.22 bits per heavy atom. The first-order valence-electron chi connectivity index (χ1n) is 6.30. The van der Waals surface area contributed by atoms with Gasteiger partial charge < -0.3 is 10.3 Å². The summed E-state index contributed by atoms with van der Waals surface area (Å²) in [6, 6.07) is 8.41. The lowest BCUT2D eigenvalue weighted by atomic mass is 9.89. The van der Waals surface area contributed by atoms with E-state index in [2.05, 4.69) is 36.3 Å². The number of rotatable bonds is 4. The first-order chi connectivity index (χ1) is 8.63. The van der Waals surface area contributed by atoms with Crippen molar-refractivity contribution >= 4 is 0 Å². The zero-order valence-electron chi connectivity index (χ0n) is 11.2. The molecular weight excluding hydrogens is 224 g/mol. The number of aromatic nitrogens is 1. The standard InChI is InChI=1S/C15H20N2O/c1-10-6-4-5-7-14(10)13(9-16)8-15-11(2)17-18-12(15)3/h4-7,13H,8-9,16H2,1-3H3. The molecule has 0 fully saturated rings. The molecule has 0 saturated carbocycles. The summed E-state index contributed by atoms with van der Waals surface area (Å²) in [5, 5.41) is 4.00. The molecule has 3 nitrogen and oxygen atoms in total. The second-order valence-electron chi connectivity index (χ2n) is 4.80. The average molecular weight is 244 g/mol. The van der Waals surface area contributed by atoms with Crippen LogP contribution in [-0.4, -0.2) is 11.7 Å². The maximum atomic E-state index is 5.94. The van der Waals surface area contributed by atoms with Crippen LogP contribution in [-0.2, 0) is 6.42 Å². The van der Waals surface area contributed by atoms with Crippen molar-refractivity contribution in [3.8, 4) is 0 Å². The largest absolute Gasteiger partial charge is 0.361 e. The molecule has 1 atom stereocenters. The molecule has 0 aliphatic heterocycles. The summed E-state index contributed by atoms with van der Waals surface area (Å²) >= 11 is 0. The van der Waals surface area contributed by atoms with Gasteiger partial charge in [-0.25, -0.2) is 0 Å². The summed E-state index contributed by atoms with van der Waals surface area (Å²) in [6.45, 7) is 6.71. The van der Waals surface area contributed by atoms with Crippen molar-refractivity contribution in [1.29, 1.82) is 0 Å². The van der Waals surface area contributed by atoms with Crippen LogP contribution in [0.4, 0.5) is 0 Å². The maximum absolute atomic E-state index is 5.94. The van der Waals surface area contributed by atoms with Gasteiger partial charge in [0.25, 0.3) is 0 Å². The fraction of sp³-hybridized carbons (Fsp3) is 0.400. The molecule has 0 saturated heterocycles. The van der Waals surface area contributed by atoms with Crippen LogP contribution in [0.25, 0.3) is 0 Å². The van der Waals surface area contributed by atoms with Crippen molar-refractivity contribution in [3.63, 3.8) is 0 Å². The molecule has 2 rings (SSSR count). The van der Waals surface area contributed by atoms with Crippen LogP contribution < -0.4 is 5.73 Å². The summed E-state index contributed by atoms with van der Waals surface area (Å²) in [7, 11) is 0. The Bertz CT molecular complexity index is 512. The normalized spacial score (nSPS) is 12.7. The molecule has 0 aliphatic carbocycles. The average Bonchev–Trinajstić information content (AvgIpc) is 2.68. The van der Waals surface area contributed by atoms with Crippen LogP contribution in [0.5, 0.6) is 0 Å². The molecular formula is C15H20N2O. The van der Waals surface area contributed by atoms with Crippen molar-refractivity contribution in [1.82, 2.24) is 5.16 Å². The van der Waals surface area contributed by atoms with Crippen LogP contribution in [0.15, 0.2) is 28.8 Å². The molecule has 96 valence electrons. The van der Waals surface area contributed by atoms with E-state index in [0.29, 0.717) is 12.5 Å². The van der Waals surface area contributed by atoms with Gasteiger partial charge >= 0.3 is 0 Å². The molecule has 0 amide bonds. The summed E-state index contributed by atoms with van der Waals surface area (Å²) < 4.78 is 5.22. The van der Waals surface area contributed by atoms with Gasteiger partial charge in [-0.15, -0.1) is 0 Å². The molecule has 0 radical (unpaired) electrons. The zero-order chi connectivity index (χ0) is 13.1. The Balaban J connectivity index is 2.28. The monoisotopic (exact) mass is 244 g/mol. The van der Waals surface area contributed by atoms with E-state index in [4.69, 9.17) is 10.3 Å². The summed E-state index contributed by atoms with van der Waals surface area (Å²) in [6.07, 6.45) is 0.891. The van der Waals surface area contributed by atoms with Crippen molar-refractivity contribution < 1.29 is 4.52 Å². The molecule has 18 heavy (non-hydrogen) atoms. The molecule has 1 aromatic heterocycles. The van der Waals surface area contributed by atoms with Crippen molar-refractivity contribution in [2.24, 2.45) is 5.73 Å². The number of hydrogen-bond acceptors (Lipinski definition) is 3. The van der Waals surface area contributed by atoms with Gasteiger partial charge in [0.2, 0.25) is 0 Å². The third kappa shape index (κ3) is 2.46. The fourth-order valence-electron chi connectivity index (χ4n) is 2.40. The minimum atomic E-state index is 0.322. The second-order valence-corrected chi connectivity index (χ2v) is 4.80. The third-order valence-corrected chi connectivity index (χ3v) is 3.54. The predicted octanol–water partition coefficient (Wildman–Crippen LogP) is 2.88. The molecule has 2 aromatic rings. The summed E-state index contributed by atoms with van der Waals surface area (Å²) in [5.74, 6) is 1.22. The zero-order valence-corrected chi connectivity index (χ0v) is 11.2. The highest BCUT2D eigenvalue weighted by Gasteiger charge is 2.17. The van der Waals surface area contributed by atoms with E-state index in [0.717, 1.165) is 17.9 Å². The van der Waals surface area contributed by atoms with Gasteiger partial charge in [0.1, 0.15) is 5.76 Å². The van der Waals surface area contributed by atoms with E-state index in [1.165, 1.54) is 16.7 Å². The van der Waals surface area contributed by atoms with Gasteiger partial charge in [0, 0.05) is 11.5 Å². The van der Waals surface area contributed by atoms with E-state index < -0.39 is 0 Å². The Morgan fingerprint density at radius 2 is 1.94 bits per heavy atom. The number of aryl methyl sites for hydroxylation is 3. The molecule has 0 aliphatic rings. The third-order valence-electron chi connectivity index (χ3n) is 3.54. The Hall–Kier alpha value is -1.61. The summed E-state index contributed by atoms with van der Waals surface area (Å²) in [4.78, 5) is 0. The lowest BCUT2D eigenvalue weighted by molar-refractivity contribution is 0.392. The first kappa shape index (κ1) is 12.8. The highest BCUT2D eigenvalue weighted by molar-refractivity contribution is 5.32. The van der Waals surface area contributed by atoms with Gasteiger partial charge in [0.15, 0.2) is 0 Å². The Labute approximate surface area is 108 Å². The highest BCUT2D eigenvalue weighted by atomic mass is 16.5. The van der Waals surface area contributed by atoms with E-state index >= 15 is 0 Å². The van der Waals surface area contributed by atoms with Crippen LogP contribution in [0.2, 0.25) is 0 Å². The van der Waals surface area contributed by atoms with Gasteiger partial charge in [-0.2, -0.15) is 0 Å². The lowest BCUT2D eigenvalue weighted by Gasteiger charge is -2.17. The van der Waals surface area contributed by atoms with E-state index in [1.807, 2.05) is 13.8 Å². The Kier molecular flexibility index (Phi) is 3.82. The molecule has 1 unspecified atom stereocenters. The first-order valence-corrected chi connectivity index (χ1v) is 6.30. The topological polar surface area (TPSA) is 52.0 Å². The number of hydrogen-bond donors (Lipinski definition) is 1. The lowest BCUT2D eigenvalue weighted by Crippen LogP contribution is -2.16. The predicted molar refractivity (Wildman–Crippen MR) is 72.7 cm³/mol. The van der Waals surface area contributed by atoms with Crippen LogP contribution in [0.3, 0.4) is 0 Å². The van der Waals surface area contributed by atoms with Crippen molar-refractivity contribution in [2.45, 2.75) is 33.1 Å². The highest BCUT2D eigenvalue weighted by Crippen LogP contribution is 2.25. The molecule has 2 N–H and O–H groups in total. The summed E-state index contributed by atoms with van der Waals surface area (Å²) in [5.41, 5.74) is 10.7. The molecule has 1 heterocycles. The maximum Gasteiger partial charge on any atom is 0.137 e. The minimum absolute atomic E-state index is 0.322. The van der Waals surface area contributed by atoms with Gasteiger partial charge in [-0.05, 0) is 44.9 Å². The second kappa shape index (κ2) is 5.36. The van der Waals surface area contributed by atoms with E-state index in [-0.39, 0.29) is 0 Å². The van der Waals surface area contributed by atoms with E-state index in [1.54, 1.807) is 0 Å².